The third-order valence-corrected chi connectivity index (χ3v) is 6.71. The van der Waals surface area contributed by atoms with E-state index >= 15 is 0 Å². The zero-order valence-corrected chi connectivity index (χ0v) is 17.8. The number of carbonyl (C=O) groups excluding carboxylic acids is 2. The molecule has 2 aliphatic rings. The van der Waals surface area contributed by atoms with Gasteiger partial charge in [-0.15, -0.1) is 0 Å². The Labute approximate surface area is 183 Å². The van der Waals surface area contributed by atoms with Crippen LogP contribution in [0.15, 0.2) is 77.3 Å². The number of anilines is 1. The Morgan fingerprint density at radius 1 is 1.00 bits per heavy atom. The van der Waals surface area contributed by atoms with E-state index in [2.05, 4.69) is 15.9 Å². The van der Waals surface area contributed by atoms with Crippen LogP contribution in [0.5, 0.6) is 0 Å². The molecule has 4 nitrogen and oxygen atoms in total. The zero-order chi connectivity index (χ0) is 20.9. The molecule has 5 rings (SSSR count). The summed E-state index contributed by atoms with van der Waals surface area (Å²) in [6.07, 6.45) is 1.09. The summed E-state index contributed by atoms with van der Waals surface area (Å²) in [6.45, 7) is 0.341. The highest BCUT2D eigenvalue weighted by atomic mass is 79.9. The van der Waals surface area contributed by atoms with Gasteiger partial charge in [-0.1, -0.05) is 70.5 Å². The number of hydrogen-bond donors (Lipinski definition) is 1. The summed E-state index contributed by atoms with van der Waals surface area (Å²) in [5, 5.41) is 11.9. The van der Waals surface area contributed by atoms with Crippen LogP contribution in [-0.4, -0.2) is 16.8 Å². The normalized spacial score (nSPS) is 22.7. The monoisotopic (exact) mass is 461 g/mol. The van der Waals surface area contributed by atoms with Gasteiger partial charge in [0.1, 0.15) is 0 Å². The van der Waals surface area contributed by atoms with Crippen molar-refractivity contribution in [3.63, 3.8) is 0 Å². The fourth-order valence-corrected chi connectivity index (χ4v) is 5.10. The minimum absolute atomic E-state index is 0.166. The van der Waals surface area contributed by atoms with Gasteiger partial charge in [0.05, 0.1) is 18.2 Å². The van der Waals surface area contributed by atoms with E-state index in [1.165, 1.54) is 0 Å². The number of aryl methyl sites for hydroxylation is 1. The number of carbonyl (C=O) groups is 2. The van der Waals surface area contributed by atoms with E-state index in [1.54, 1.807) is 17.0 Å². The highest BCUT2D eigenvalue weighted by Gasteiger charge is 2.57. The Morgan fingerprint density at radius 3 is 2.53 bits per heavy atom. The Kier molecular flexibility index (Phi) is 4.60. The Morgan fingerprint density at radius 2 is 1.73 bits per heavy atom. The van der Waals surface area contributed by atoms with Gasteiger partial charge in [-0.3, -0.25) is 9.59 Å². The molecule has 0 radical (unpaired) electrons. The van der Waals surface area contributed by atoms with Gasteiger partial charge in [0.2, 0.25) is 0 Å². The first-order chi connectivity index (χ1) is 14.5. The molecule has 1 amide bonds. The van der Waals surface area contributed by atoms with E-state index in [1.807, 2.05) is 60.7 Å². The number of aliphatic hydroxyl groups is 1. The molecule has 3 aromatic rings. The Balaban J connectivity index is 1.61. The van der Waals surface area contributed by atoms with Gasteiger partial charge in [0, 0.05) is 15.6 Å². The lowest BCUT2D eigenvalue weighted by molar-refractivity contribution is -0.140. The second-order valence-corrected chi connectivity index (χ2v) is 8.83. The maximum Gasteiger partial charge on any atom is 0.264 e. The van der Waals surface area contributed by atoms with Crippen LogP contribution < -0.4 is 4.90 Å². The molecule has 1 aliphatic carbocycles. The Hall–Kier alpha value is -2.76. The molecule has 0 saturated heterocycles. The first-order valence-electron chi connectivity index (χ1n) is 10.0. The molecular formula is C25H20BrNO3. The standard InChI is InChI=1S/C25H20BrNO3/c26-18-11-13-22-21(14-18)25(30,24(29)27(22)15-16-6-2-1-3-7-16)20-12-10-17-8-4-5-9-19(17)23(20)28/h1-9,11,13-14,20,30H,10,12,15H2. The summed E-state index contributed by atoms with van der Waals surface area (Å²) in [4.78, 5) is 28.6. The fourth-order valence-electron chi connectivity index (χ4n) is 4.73. The van der Waals surface area contributed by atoms with Crippen molar-refractivity contribution in [1.29, 1.82) is 0 Å². The van der Waals surface area contributed by atoms with Gasteiger partial charge in [-0.05, 0) is 42.2 Å². The molecule has 0 spiro atoms. The van der Waals surface area contributed by atoms with Crippen LogP contribution in [-0.2, 0) is 23.4 Å². The number of halogens is 1. The first-order valence-corrected chi connectivity index (χ1v) is 10.8. The van der Waals surface area contributed by atoms with E-state index in [4.69, 9.17) is 0 Å². The van der Waals surface area contributed by atoms with Crippen LogP contribution in [0.2, 0.25) is 0 Å². The maximum absolute atomic E-state index is 13.7. The van der Waals surface area contributed by atoms with Crippen LogP contribution in [0.1, 0.15) is 33.5 Å². The average molecular weight is 462 g/mol. The second-order valence-electron chi connectivity index (χ2n) is 7.92. The number of rotatable bonds is 3. The van der Waals surface area contributed by atoms with Crippen molar-refractivity contribution in [2.75, 3.05) is 4.90 Å². The molecule has 0 bridgehead atoms. The minimum atomic E-state index is -1.88. The molecule has 0 saturated carbocycles. The van der Waals surface area contributed by atoms with E-state index in [-0.39, 0.29) is 5.78 Å². The molecule has 1 heterocycles. The smallest absolute Gasteiger partial charge is 0.264 e. The van der Waals surface area contributed by atoms with Crippen LogP contribution in [0.4, 0.5) is 5.69 Å². The number of fused-ring (bicyclic) bond motifs is 2. The molecule has 5 heteroatoms. The number of nitrogens with zero attached hydrogens (tertiary/aromatic N) is 1. The largest absolute Gasteiger partial charge is 0.375 e. The lowest BCUT2D eigenvalue weighted by Gasteiger charge is -2.34. The molecule has 2 atom stereocenters. The van der Waals surface area contributed by atoms with Crippen LogP contribution in [0.3, 0.4) is 0 Å². The van der Waals surface area contributed by atoms with Gasteiger partial charge < -0.3 is 10.0 Å². The Bertz CT molecular complexity index is 1160. The SMILES string of the molecule is O=C1c2ccccc2CCC1C1(O)C(=O)N(Cc2ccccc2)c2ccc(Br)cc21. The fraction of sp³-hybridized carbons (Fsp3) is 0.200. The van der Waals surface area contributed by atoms with Crippen molar-refractivity contribution >= 4 is 33.3 Å². The van der Waals surface area contributed by atoms with Crippen molar-refractivity contribution in [2.45, 2.75) is 25.0 Å². The van der Waals surface area contributed by atoms with Crippen molar-refractivity contribution in [3.8, 4) is 0 Å². The summed E-state index contributed by atoms with van der Waals surface area (Å²) < 4.78 is 0.762. The third-order valence-electron chi connectivity index (χ3n) is 6.22. The van der Waals surface area contributed by atoms with Crippen molar-refractivity contribution in [1.82, 2.24) is 0 Å². The number of amides is 1. The van der Waals surface area contributed by atoms with Crippen LogP contribution in [0, 0.1) is 5.92 Å². The lowest BCUT2D eigenvalue weighted by Crippen LogP contribution is -2.49. The quantitative estimate of drug-likeness (QED) is 0.618. The molecular weight excluding hydrogens is 442 g/mol. The van der Waals surface area contributed by atoms with Gasteiger partial charge in [-0.2, -0.15) is 0 Å². The van der Waals surface area contributed by atoms with E-state index < -0.39 is 17.4 Å². The van der Waals surface area contributed by atoms with E-state index in [9.17, 15) is 14.7 Å². The summed E-state index contributed by atoms with van der Waals surface area (Å²) in [7, 11) is 0. The minimum Gasteiger partial charge on any atom is -0.375 e. The average Bonchev–Trinajstić information content (AvgIpc) is 2.97. The van der Waals surface area contributed by atoms with Gasteiger partial charge in [-0.25, -0.2) is 0 Å². The topological polar surface area (TPSA) is 57.6 Å². The number of Topliss-reactive ketones (excluding diaryl/α,β-unsaturated/α-hetero) is 1. The molecule has 3 aromatic carbocycles. The summed E-state index contributed by atoms with van der Waals surface area (Å²) in [5.74, 6) is -1.41. The van der Waals surface area contributed by atoms with Crippen LogP contribution >= 0.6 is 15.9 Å². The predicted molar refractivity (Wildman–Crippen MR) is 118 cm³/mol. The molecule has 0 fully saturated rings. The summed E-state index contributed by atoms with van der Waals surface area (Å²) >= 11 is 3.46. The number of benzene rings is 3. The molecule has 30 heavy (non-hydrogen) atoms. The summed E-state index contributed by atoms with van der Waals surface area (Å²) in [5.41, 5.74) is 1.82. The van der Waals surface area contributed by atoms with E-state index in [0.717, 1.165) is 15.6 Å². The van der Waals surface area contributed by atoms with E-state index in [0.29, 0.717) is 36.2 Å². The maximum atomic E-state index is 13.7. The third kappa shape index (κ3) is 2.84. The molecule has 2 unspecified atom stereocenters. The van der Waals surface area contributed by atoms with Gasteiger partial charge in [0.25, 0.3) is 5.91 Å². The molecule has 0 aromatic heterocycles. The number of ketones is 1. The van der Waals surface area contributed by atoms with Crippen molar-refractivity contribution in [2.24, 2.45) is 5.92 Å². The predicted octanol–water partition coefficient (Wildman–Crippen LogP) is 4.63. The zero-order valence-electron chi connectivity index (χ0n) is 16.2. The van der Waals surface area contributed by atoms with Gasteiger partial charge in [0.15, 0.2) is 11.4 Å². The molecule has 150 valence electrons. The highest BCUT2D eigenvalue weighted by Crippen LogP contribution is 2.49. The summed E-state index contributed by atoms with van der Waals surface area (Å²) in [6, 6.07) is 22.6. The molecule has 1 N–H and O–H groups in total. The first kappa shape index (κ1) is 19.2. The van der Waals surface area contributed by atoms with Crippen molar-refractivity contribution in [3.05, 3.63) is 99.5 Å². The highest BCUT2D eigenvalue weighted by molar-refractivity contribution is 9.10. The van der Waals surface area contributed by atoms with Crippen molar-refractivity contribution < 1.29 is 14.7 Å². The molecule has 1 aliphatic heterocycles. The van der Waals surface area contributed by atoms with Crippen LogP contribution in [0.25, 0.3) is 0 Å². The number of hydrogen-bond acceptors (Lipinski definition) is 3. The second kappa shape index (κ2) is 7.18. The van der Waals surface area contributed by atoms with Gasteiger partial charge >= 0.3 is 0 Å². The lowest BCUT2D eigenvalue weighted by atomic mass is 9.71.